The lowest BCUT2D eigenvalue weighted by Crippen LogP contribution is -2.31. The molecule has 0 aromatic heterocycles. The zero-order valence-electron chi connectivity index (χ0n) is 14.4. The van der Waals surface area contributed by atoms with Crippen LogP contribution in [0.15, 0.2) is 30.3 Å². The number of fused-ring (bicyclic) bond motifs is 1. The van der Waals surface area contributed by atoms with E-state index >= 15 is 0 Å². The lowest BCUT2D eigenvalue weighted by atomic mass is 9.88. The van der Waals surface area contributed by atoms with Gasteiger partial charge in [-0.15, -0.1) is 0 Å². The smallest absolute Gasteiger partial charge is 0.278 e. The van der Waals surface area contributed by atoms with Gasteiger partial charge in [-0.1, -0.05) is 6.07 Å². The van der Waals surface area contributed by atoms with Crippen molar-refractivity contribution < 1.29 is 19.1 Å². The molecule has 25 heavy (non-hydrogen) atoms. The van der Waals surface area contributed by atoms with E-state index in [1.54, 1.807) is 13.2 Å². The topological polar surface area (TPSA) is 82.9 Å². The van der Waals surface area contributed by atoms with Crippen molar-refractivity contribution in [1.29, 1.82) is 0 Å². The van der Waals surface area contributed by atoms with Crippen LogP contribution < -0.4 is 19.5 Å². The summed E-state index contributed by atoms with van der Waals surface area (Å²) in [5.74, 6) is 1.58. The minimum absolute atomic E-state index is 0.00109. The summed E-state index contributed by atoms with van der Waals surface area (Å²) < 4.78 is 15.8. The summed E-state index contributed by atoms with van der Waals surface area (Å²) in [6, 6.07) is 8.59. The number of nitro groups is 1. The molecule has 7 heteroatoms. The van der Waals surface area contributed by atoms with Crippen molar-refractivity contribution in [2.24, 2.45) is 0 Å². The van der Waals surface area contributed by atoms with Crippen LogP contribution in [0.5, 0.6) is 17.2 Å². The molecule has 0 radical (unpaired) electrons. The fourth-order valence-electron chi connectivity index (χ4n) is 3.22. The Morgan fingerprint density at radius 1 is 1.04 bits per heavy atom. The molecule has 2 aromatic carbocycles. The van der Waals surface area contributed by atoms with Crippen molar-refractivity contribution >= 4 is 5.69 Å². The monoisotopic (exact) mass is 344 g/mol. The zero-order chi connectivity index (χ0) is 18.0. The molecule has 1 heterocycles. The first kappa shape index (κ1) is 17.0. The Kier molecular flexibility index (Phi) is 4.76. The highest BCUT2D eigenvalue weighted by Crippen LogP contribution is 2.41. The highest BCUT2D eigenvalue weighted by atomic mass is 16.6. The Hall–Kier alpha value is -2.80. The molecule has 1 aliphatic rings. The summed E-state index contributed by atoms with van der Waals surface area (Å²) in [6.45, 7) is 0.719. The molecule has 1 unspecified atom stereocenters. The average molecular weight is 344 g/mol. The van der Waals surface area contributed by atoms with Gasteiger partial charge in [-0.25, -0.2) is 0 Å². The van der Waals surface area contributed by atoms with E-state index in [9.17, 15) is 10.1 Å². The summed E-state index contributed by atoms with van der Waals surface area (Å²) >= 11 is 0. The van der Waals surface area contributed by atoms with E-state index in [2.05, 4.69) is 5.32 Å². The van der Waals surface area contributed by atoms with Gasteiger partial charge in [0.25, 0.3) is 5.69 Å². The lowest BCUT2D eigenvalue weighted by Gasteiger charge is -2.28. The van der Waals surface area contributed by atoms with Gasteiger partial charge in [0.05, 0.1) is 43.9 Å². The van der Waals surface area contributed by atoms with Crippen molar-refractivity contribution in [2.75, 3.05) is 27.9 Å². The van der Waals surface area contributed by atoms with Gasteiger partial charge in [-0.2, -0.15) is 0 Å². The van der Waals surface area contributed by atoms with Gasteiger partial charge in [0.2, 0.25) is 0 Å². The second-order valence-corrected chi connectivity index (χ2v) is 5.72. The van der Waals surface area contributed by atoms with E-state index in [0.29, 0.717) is 17.1 Å². The van der Waals surface area contributed by atoms with E-state index in [1.807, 2.05) is 18.2 Å². The zero-order valence-corrected chi connectivity index (χ0v) is 14.4. The largest absolute Gasteiger partial charge is 0.497 e. The van der Waals surface area contributed by atoms with Crippen LogP contribution in [-0.4, -0.2) is 32.8 Å². The molecular weight excluding hydrogens is 324 g/mol. The average Bonchev–Trinajstić information content (AvgIpc) is 2.65. The van der Waals surface area contributed by atoms with Gasteiger partial charge in [0.15, 0.2) is 11.5 Å². The first-order valence-corrected chi connectivity index (χ1v) is 7.89. The summed E-state index contributed by atoms with van der Waals surface area (Å²) in [5, 5.41) is 15.0. The fraction of sp³-hybridized carbons (Fsp3) is 0.333. The number of hydrogen-bond donors (Lipinski definition) is 1. The maximum absolute atomic E-state index is 11.6. The highest BCUT2D eigenvalue weighted by molar-refractivity contribution is 5.58. The number of benzene rings is 2. The maximum Gasteiger partial charge on any atom is 0.278 e. The van der Waals surface area contributed by atoms with E-state index in [1.165, 1.54) is 20.3 Å². The van der Waals surface area contributed by atoms with Crippen molar-refractivity contribution in [3.8, 4) is 17.2 Å². The Labute approximate surface area is 145 Å². The van der Waals surface area contributed by atoms with Crippen LogP contribution in [-0.2, 0) is 6.42 Å². The standard InChI is InChI=1S/C18H20N2O5/c1-23-12-4-5-13-11(8-12)6-7-19-18(13)14-9-16(24-2)17(25-3)10-15(14)20(21)22/h4-5,8-10,18-19H,6-7H2,1-3H3. The molecular formula is C18H20N2O5. The molecule has 0 saturated heterocycles. The number of nitrogens with zero attached hydrogens (tertiary/aromatic N) is 1. The van der Waals surface area contributed by atoms with Crippen LogP contribution in [0.3, 0.4) is 0 Å². The third kappa shape index (κ3) is 3.10. The Bertz CT molecular complexity index is 806. The Morgan fingerprint density at radius 3 is 2.40 bits per heavy atom. The molecule has 0 amide bonds. The van der Waals surface area contributed by atoms with Crippen molar-refractivity contribution in [3.05, 3.63) is 57.1 Å². The van der Waals surface area contributed by atoms with E-state index in [0.717, 1.165) is 29.8 Å². The van der Waals surface area contributed by atoms with Gasteiger partial charge in [0.1, 0.15) is 5.75 Å². The first-order valence-electron chi connectivity index (χ1n) is 7.89. The van der Waals surface area contributed by atoms with Crippen LogP contribution in [0.25, 0.3) is 0 Å². The summed E-state index contributed by atoms with van der Waals surface area (Å²) in [7, 11) is 4.60. The van der Waals surface area contributed by atoms with Gasteiger partial charge in [-0.3, -0.25) is 10.1 Å². The second kappa shape index (κ2) is 6.98. The van der Waals surface area contributed by atoms with Crippen molar-refractivity contribution in [1.82, 2.24) is 5.32 Å². The highest BCUT2D eigenvalue weighted by Gasteiger charge is 2.30. The van der Waals surface area contributed by atoms with Gasteiger partial charge in [0, 0.05) is 6.54 Å². The molecule has 1 aliphatic heterocycles. The quantitative estimate of drug-likeness (QED) is 0.663. The normalized spacial score (nSPS) is 16.0. The number of ether oxygens (including phenoxy) is 3. The molecule has 2 aromatic rings. The molecule has 0 aliphatic carbocycles. The summed E-state index contributed by atoms with van der Waals surface area (Å²) in [6.07, 6.45) is 0.837. The minimum atomic E-state index is -0.392. The lowest BCUT2D eigenvalue weighted by molar-refractivity contribution is -0.385. The molecule has 3 rings (SSSR count). The molecule has 0 saturated carbocycles. The molecule has 0 bridgehead atoms. The predicted molar refractivity (Wildman–Crippen MR) is 92.7 cm³/mol. The van der Waals surface area contributed by atoms with E-state index < -0.39 is 4.92 Å². The van der Waals surface area contributed by atoms with Crippen molar-refractivity contribution in [2.45, 2.75) is 12.5 Å². The predicted octanol–water partition coefficient (Wildman–Crippen LogP) is 2.86. The molecule has 7 nitrogen and oxygen atoms in total. The summed E-state index contributed by atoms with van der Waals surface area (Å²) in [4.78, 5) is 11.2. The van der Waals surface area contributed by atoms with Crippen LogP contribution >= 0.6 is 0 Å². The van der Waals surface area contributed by atoms with Crippen LogP contribution in [0.4, 0.5) is 5.69 Å². The third-order valence-electron chi connectivity index (χ3n) is 4.44. The van der Waals surface area contributed by atoms with Crippen molar-refractivity contribution in [3.63, 3.8) is 0 Å². The number of nitrogens with one attached hydrogen (secondary N) is 1. The van der Waals surface area contributed by atoms with Crippen LogP contribution in [0.2, 0.25) is 0 Å². The fourth-order valence-corrected chi connectivity index (χ4v) is 3.22. The number of methoxy groups -OCH3 is 3. The molecule has 0 fully saturated rings. The van der Waals surface area contributed by atoms with E-state index in [4.69, 9.17) is 14.2 Å². The maximum atomic E-state index is 11.6. The summed E-state index contributed by atoms with van der Waals surface area (Å²) in [5.41, 5.74) is 2.67. The van der Waals surface area contributed by atoms with Gasteiger partial charge < -0.3 is 19.5 Å². The molecule has 1 atom stereocenters. The third-order valence-corrected chi connectivity index (χ3v) is 4.44. The Morgan fingerprint density at radius 2 is 1.76 bits per heavy atom. The second-order valence-electron chi connectivity index (χ2n) is 5.72. The van der Waals surface area contributed by atoms with Crippen LogP contribution in [0, 0.1) is 10.1 Å². The number of hydrogen-bond acceptors (Lipinski definition) is 6. The van der Waals surface area contributed by atoms with E-state index in [-0.39, 0.29) is 11.7 Å². The number of rotatable bonds is 5. The SMILES string of the molecule is COc1ccc2c(c1)CCNC2c1cc(OC)c(OC)cc1[N+](=O)[O-]. The molecule has 132 valence electrons. The number of nitro benzene ring substituents is 1. The minimum Gasteiger partial charge on any atom is -0.497 e. The van der Waals surface area contributed by atoms with Crippen LogP contribution in [0.1, 0.15) is 22.7 Å². The van der Waals surface area contributed by atoms with Gasteiger partial charge >= 0.3 is 0 Å². The first-order chi connectivity index (χ1) is 12.1. The molecule has 0 spiro atoms. The Balaban J connectivity index is 2.15. The molecule has 1 N–H and O–H groups in total. The van der Waals surface area contributed by atoms with Gasteiger partial charge in [-0.05, 0) is 35.7 Å².